The van der Waals surface area contributed by atoms with Gasteiger partial charge in [0, 0.05) is 12.1 Å². The Morgan fingerprint density at radius 3 is 1.88 bits per heavy atom. The molecule has 0 saturated carbocycles. The minimum absolute atomic E-state index is 0. The first-order chi connectivity index (χ1) is 6.38. The van der Waals surface area contributed by atoms with Crippen LogP contribution in [0.15, 0.2) is 24.3 Å². The van der Waals surface area contributed by atoms with Crippen molar-refractivity contribution in [2.75, 3.05) is 0 Å². The van der Waals surface area contributed by atoms with E-state index in [4.69, 9.17) is 0 Å². The Labute approximate surface area is 176 Å². The molecule has 0 amide bonds. The molecule has 0 aliphatic carbocycles. The van der Waals surface area contributed by atoms with Gasteiger partial charge in [-0.3, -0.25) is 10.1 Å². The molecule has 0 aliphatic heterocycles. The molecule has 7 nitrogen and oxygen atoms in total. The summed E-state index contributed by atoms with van der Waals surface area (Å²) < 4.78 is 14.1. The van der Waals surface area contributed by atoms with Gasteiger partial charge in [-0.2, -0.15) is 0 Å². The number of rotatable bonds is 3. The van der Waals surface area contributed by atoms with Crippen LogP contribution < -0.4 is 117 Å². The van der Waals surface area contributed by atoms with Crippen LogP contribution in [0.1, 0.15) is 0 Å². The van der Waals surface area contributed by atoms with Crippen LogP contribution in [0.4, 0.5) is 5.69 Å². The number of nitro groups is 1. The predicted octanol–water partition coefficient (Wildman–Crippen LogP) is -6.19. The van der Waals surface area contributed by atoms with E-state index in [2.05, 4.69) is 4.52 Å². The summed E-state index contributed by atoms with van der Waals surface area (Å²) in [5.74, 6) is -0.246. The molecule has 0 spiro atoms. The van der Waals surface area contributed by atoms with Gasteiger partial charge in [0.05, 0.1) is 4.92 Å². The van der Waals surface area contributed by atoms with Gasteiger partial charge in [0.1, 0.15) is 13.6 Å². The van der Waals surface area contributed by atoms with E-state index in [1.807, 2.05) is 0 Å². The number of nitro benzene ring substituents is 1. The summed E-state index contributed by atoms with van der Waals surface area (Å²) in [6, 6.07) is 4.12. The maximum absolute atomic E-state index is 10.2. The van der Waals surface area contributed by atoms with Gasteiger partial charge in [-0.1, -0.05) is 0 Å². The summed E-state index contributed by atoms with van der Waals surface area (Å²) in [6.07, 6.45) is 0. The second-order valence-electron chi connectivity index (χ2n) is 2.29. The van der Waals surface area contributed by atoms with Crippen LogP contribution in [0.2, 0.25) is 0 Å². The number of non-ortho nitro benzene ring substituents is 1. The van der Waals surface area contributed by atoms with Crippen molar-refractivity contribution in [2.45, 2.75) is 0 Å². The van der Waals surface area contributed by atoms with Crippen molar-refractivity contribution in [3.8, 4) is 5.75 Å². The number of benzene rings is 1. The van der Waals surface area contributed by atoms with E-state index in [0.717, 1.165) is 24.3 Å². The van der Waals surface area contributed by atoms with Gasteiger partial charge in [-0.15, -0.1) is 0 Å². The van der Waals surface area contributed by atoms with Crippen LogP contribution in [-0.2, 0) is 4.57 Å². The molecule has 16 heavy (non-hydrogen) atoms. The molecule has 0 aliphatic rings. The number of phosphoric ester groups is 1. The van der Waals surface area contributed by atoms with Crippen molar-refractivity contribution >= 4 is 13.5 Å². The fourth-order valence-corrected chi connectivity index (χ4v) is 1.14. The molecular formula is C6H4K2NO6P. The molecule has 76 valence electrons. The van der Waals surface area contributed by atoms with Gasteiger partial charge in [-0.25, -0.2) is 0 Å². The van der Waals surface area contributed by atoms with E-state index < -0.39 is 12.7 Å². The molecule has 0 unspecified atom stereocenters. The molecule has 1 rings (SSSR count). The summed E-state index contributed by atoms with van der Waals surface area (Å²) >= 11 is 0. The van der Waals surface area contributed by atoms with Crippen molar-refractivity contribution in [2.24, 2.45) is 0 Å². The third kappa shape index (κ3) is 8.03. The van der Waals surface area contributed by atoms with E-state index in [1.54, 1.807) is 0 Å². The monoisotopic (exact) mass is 295 g/mol. The summed E-state index contributed by atoms with van der Waals surface area (Å²) in [4.78, 5) is 29.8. The minimum Gasteiger partial charge on any atom is -0.780 e. The van der Waals surface area contributed by atoms with E-state index >= 15 is 0 Å². The molecule has 0 aromatic heterocycles. The molecule has 0 heterocycles. The van der Waals surface area contributed by atoms with Crippen molar-refractivity contribution in [1.29, 1.82) is 0 Å². The first kappa shape index (κ1) is 20.2. The fraction of sp³-hybridized carbons (Fsp3) is 0. The molecular weight excluding hydrogens is 291 g/mol. The SMILES string of the molecule is O=[N+]([O-])c1ccc(OP(=O)([O-])[O-])cc1.[K+].[K+]. The molecule has 1 aromatic rings. The second-order valence-corrected chi connectivity index (χ2v) is 3.37. The van der Waals surface area contributed by atoms with Crippen molar-refractivity contribution in [1.82, 2.24) is 0 Å². The topological polar surface area (TPSA) is 116 Å². The average molecular weight is 295 g/mol. The molecule has 10 heteroatoms. The van der Waals surface area contributed by atoms with E-state index in [-0.39, 0.29) is 114 Å². The van der Waals surface area contributed by atoms with Gasteiger partial charge < -0.3 is 18.9 Å². The molecule has 0 bridgehead atoms. The van der Waals surface area contributed by atoms with E-state index in [0.29, 0.717) is 0 Å². The van der Waals surface area contributed by atoms with Crippen LogP contribution in [0.25, 0.3) is 0 Å². The Bertz CT molecular complexity index is 391. The van der Waals surface area contributed by atoms with Crippen molar-refractivity contribution < 1.29 is 127 Å². The summed E-state index contributed by atoms with van der Waals surface area (Å²) in [7, 11) is -5.10. The molecule has 0 radical (unpaired) electrons. The Kier molecular flexibility index (Phi) is 11.2. The summed E-state index contributed by atoms with van der Waals surface area (Å²) in [5, 5.41) is 10.2. The maximum atomic E-state index is 10.2. The van der Waals surface area contributed by atoms with Gasteiger partial charge in [0.25, 0.3) is 5.69 Å². The fourth-order valence-electron chi connectivity index (χ4n) is 0.758. The number of nitrogens with zero attached hydrogens (tertiary/aromatic N) is 1. The van der Waals surface area contributed by atoms with Gasteiger partial charge in [0.2, 0.25) is 0 Å². The van der Waals surface area contributed by atoms with Crippen LogP contribution in [0.3, 0.4) is 0 Å². The van der Waals surface area contributed by atoms with Crippen LogP contribution in [-0.4, -0.2) is 4.92 Å². The second kappa shape index (κ2) is 8.86. The normalized spacial score (nSPS) is 9.62. The largest absolute Gasteiger partial charge is 1.00 e. The van der Waals surface area contributed by atoms with Gasteiger partial charge in [0.15, 0.2) is 0 Å². The zero-order chi connectivity index (χ0) is 10.8. The first-order valence-corrected chi connectivity index (χ1v) is 4.81. The Morgan fingerprint density at radius 2 is 1.56 bits per heavy atom. The molecule has 1 aromatic carbocycles. The first-order valence-electron chi connectivity index (χ1n) is 3.34. The van der Waals surface area contributed by atoms with E-state index in [1.165, 1.54) is 0 Å². The van der Waals surface area contributed by atoms with Crippen LogP contribution >= 0.6 is 7.82 Å². The Hall–Kier alpha value is 1.84. The van der Waals surface area contributed by atoms with Crippen molar-refractivity contribution in [3.05, 3.63) is 34.4 Å². The standard InChI is InChI=1S/C6H6NO6P.2K/c8-7(9)5-1-3-6(4-2-5)13-14(10,11)12;;/h1-4H,(H2,10,11,12);;/q;2*+1/p-2. The molecule has 0 fully saturated rings. The summed E-state index contributed by atoms with van der Waals surface area (Å²) in [5.41, 5.74) is -0.219. The number of phosphoric acid groups is 1. The van der Waals surface area contributed by atoms with Crippen LogP contribution in [0, 0.1) is 10.1 Å². The minimum atomic E-state index is -5.10. The van der Waals surface area contributed by atoms with Gasteiger partial charge >= 0.3 is 103 Å². The van der Waals surface area contributed by atoms with Crippen LogP contribution in [0.5, 0.6) is 5.75 Å². The smallest absolute Gasteiger partial charge is 0.780 e. The quantitative estimate of drug-likeness (QED) is 0.237. The number of hydrogen-bond acceptors (Lipinski definition) is 6. The zero-order valence-corrected chi connectivity index (χ0v) is 15.8. The average Bonchev–Trinajstić information content (AvgIpc) is 2.02. The molecule has 0 atom stereocenters. The predicted molar refractivity (Wildman–Crippen MR) is 41.3 cm³/mol. The maximum Gasteiger partial charge on any atom is 1.00 e. The Morgan fingerprint density at radius 1 is 1.12 bits per heavy atom. The Balaban J connectivity index is 0. The number of hydrogen-bond donors (Lipinski definition) is 0. The summed E-state index contributed by atoms with van der Waals surface area (Å²) in [6.45, 7) is 0. The van der Waals surface area contributed by atoms with Crippen molar-refractivity contribution in [3.63, 3.8) is 0 Å². The third-order valence-corrected chi connectivity index (χ3v) is 1.70. The van der Waals surface area contributed by atoms with Gasteiger partial charge in [-0.05, 0) is 12.1 Å². The molecule has 0 N–H and O–H groups in total. The van der Waals surface area contributed by atoms with E-state index in [9.17, 15) is 24.5 Å². The molecule has 0 saturated heterocycles. The zero-order valence-electron chi connectivity index (χ0n) is 8.65. The third-order valence-electron chi connectivity index (χ3n) is 1.26.